The summed E-state index contributed by atoms with van der Waals surface area (Å²) >= 11 is 0. The van der Waals surface area contributed by atoms with Crippen LogP contribution in [0.25, 0.3) is 11.0 Å². The van der Waals surface area contributed by atoms with E-state index in [2.05, 4.69) is 20.4 Å². The largest absolute Gasteiger partial charge is 0.372 e. The highest BCUT2D eigenvalue weighted by Crippen LogP contribution is 2.18. The standard InChI is InChI=1S/C15H22N6O2/c1-10-7-21(8-11(2)23-10)13(22)4-5-16-14-12-6-19-20(3)15(12)18-9-17-14/h6,9-11H,4-5,7-8H2,1-3H3,(H,16,17,18)/t10-,11-/m0/s1. The van der Waals surface area contributed by atoms with Crippen molar-refractivity contribution < 1.29 is 9.53 Å². The minimum absolute atomic E-state index is 0.0903. The summed E-state index contributed by atoms with van der Waals surface area (Å²) in [6.45, 7) is 5.83. The van der Waals surface area contributed by atoms with Gasteiger partial charge in [0.1, 0.15) is 12.1 Å². The number of amides is 1. The molecule has 124 valence electrons. The fourth-order valence-electron chi connectivity index (χ4n) is 2.93. The van der Waals surface area contributed by atoms with Gasteiger partial charge in [-0.25, -0.2) is 9.97 Å². The lowest BCUT2D eigenvalue weighted by Crippen LogP contribution is -2.48. The van der Waals surface area contributed by atoms with E-state index in [0.29, 0.717) is 31.9 Å². The highest BCUT2D eigenvalue weighted by molar-refractivity contribution is 5.86. The second-order valence-corrected chi connectivity index (χ2v) is 5.96. The molecule has 0 aliphatic carbocycles. The number of morpholine rings is 1. The number of carbonyl (C=O) groups excluding carboxylic acids is 1. The van der Waals surface area contributed by atoms with Crippen LogP contribution in [0.4, 0.5) is 5.82 Å². The second-order valence-electron chi connectivity index (χ2n) is 5.96. The van der Waals surface area contributed by atoms with Gasteiger partial charge in [-0.2, -0.15) is 5.10 Å². The molecule has 1 aliphatic heterocycles. The lowest BCUT2D eigenvalue weighted by Gasteiger charge is -2.35. The smallest absolute Gasteiger partial charge is 0.224 e. The molecule has 3 rings (SSSR count). The maximum atomic E-state index is 12.3. The van der Waals surface area contributed by atoms with Crippen molar-refractivity contribution in [2.75, 3.05) is 25.0 Å². The zero-order valence-electron chi connectivity index (χ0n) is 13.7. The topological polar surface area (TPSA) is 85.2 Å². The molecular weight excluding hydrogens is 296 g/mol. The van der Waals surface area contributed by atoms with E-state index in [9.17, 15) is 4.79 Å². The molecule has 8 heteroatoms. The highest BCUT2D eigenvalue weighted by Gasteiger charge is 2.25. The Morgan fingerprint density at radius 2 is 2.09 bits per heavy atom. The number of ether oxygens (including phenoxy) is 1. The summed E-state index contributed by atoms with van der Waals surface area (Å²) in [5.74, 6) is 0.843. The molecule has 8 nitrogen and oxygen atoms in total. The van der Waals surface area contributed by atoms with E-state index in [1.165, 1.54) is 6.33 Å². The third kappa shape index (κ3) is 3.42. The van der Waals surface area contributed by atoms with Gasteiger partial charge in [-0.15, -0.1) is 0 Å². The van der Waals surface area contributed by atoms with Crippen molar-refractivity contribution in [1.82, 2.24) is 24.6 Å². The minimum Gasteiger partial charge on any atom is -0.372 e. The fourth-order valence-corrected chi connectivity index (χ4v) is 2.93. The van der Waals surface area contributed by atoms with Crippen LogP contribution in [0.5, 0.6) is 0 Å². The van der Waals surface area contributed by atoms with E-state index in [4.69, 9.17) is 4.74 Å². The van der Waals surface area contributed by atoms with Crippen LogP contribution in [0.3, 0.4) is 0 Å². The average Bonchev–Trinajstić information content (AvgIpc) is 2.89. The van der Waals surface area contributed by atoms with Gasteiger partial charge in [0.25, 0.3) is 0 Å². The van der Waals surface area contributed by atoms with Crippen LogP contribution in [0, 0.1) is 0 Å². The first kappa shape index (κ1) is 15.7. The molecule has 0 spiro atoms. The molecule has 0 unspecified atom stereocenters. The van der Waals surface area contributed by atoms with Crippen molar-refractivity contribution in [3.8, 4) is 0 Å². The third-order valence-corrected chi connectivity index (χ3v) is 3.93. The van der Waals surface area contributed by atoms with E-state index in [0.717, 1.165) is 11.0 Å². The van der Waals surface area contributed by atoms with Gasteiger partial charge in [-0.1, -0.05) is 0 Å². The van der Waals surface area contributed by atoms with Crippen LogP contribution in [-0.4, -0.2) is 62.4 Å². The zero-order valence-corrected chi connectivity index (χ0v) is 13.7. The number of fused-ring (bicyclic) bond motifs is 1. The van der Waals surface area contributed by atoms with Crippen LogP contribution >= 0.6 is 0 Å². The van der Waals surface area contributed by atoms with Gasteiger partial charge >= 0.3 is 0 Å². The number of anilines is 1. The summed E-state index contributed by atoms with van der Waals surface area (Å²) in [6, 6.07) is 0. The molecule has 2 aromatic rings. The molecule has 1 N–H and O–H groups in total. The highest BCUT2D eigenvalue weighted by atomic mass is 16.5. The van der Waals surface area contributed by atoms with Crippen LogP contribution in [0.2, 0.25) is 0 Å². The molecule has 0 saturated carbocycles. The van der Waals surface area contributed by atoms with Gasteiger partial charge in [-0.05, 0) is 13.8 Å². The predicted octanol–water partition coefficient (Wildman–Crippen LogP) is 0.801. The van der Waals surface area contributed by atoms with E-state index in [1.807, 2.05) is 25.8 Å². The molecule has 1 amide bonds. The Labute approximate surface area is 134 Å². The van der Waals surface area contributed by atoms with Gasteiger partial charge in [0.15, 0.2) is 5.65 Å². The zero-order chi connectivity index (χ0) is 16.4. The maximum Gasteiger partial charge on any atom is 0.224 e. The first-order chi connectivity index (χ1) is 11.0. The summed E-state index contributed by atoms with van der Waals surface area (Å²) in [7, 11) is 1.84. The minimum atomic E-state index is 0.0903. The van der Waals surface area contributed by atoms with Crippen LogP contribution < -0.4 is 5.32 Å². The van der Waals surface area contributed by atoms with E-state index < -0.39 is 0 Å². The van der Waals surface area contributed by atoms with Crippen LogP contribution in [0.1, 0.15) is 20.3 Å². The Morgan fingerprint density at radius 1 is 1.35 bits per heavy atom. The van der Waals surface area contributed by atoms with Crippen molar-refractivity contribution in [1.29, 1.82) is 0 Å². The summed E-state index contributed by atoms with van der Waals surface area (Å²) in [5.41, 5.74) is 0.768. The number of nitrogens with one attached hydrogen (secondary N) is 1. The molecule has 0 bridgehead atoms. The van der Waals surface area contributed by atoms with Gasteiger partial charge < -0.3 is 15.0 Å². The average molecular weight is 318 g/mol. The Balaban J connectivity index is 1.57. The number of hydrogen-bond acceptors (Lipinski definition) is 6. The van der Waals surface area contributed by atoms with Gasteiger partial charge in [0, 0.05) is 33.1 Å². The first-order valence-electron chi connectivity index (χ1n) is 7.84. The second kappa shape index (κ2) is 6.49. The molecule has 2 atom stereocenters. The molecule has 0 aromatic carbocycles. The lowest BCUT2D eigenvalue weighted by atomic mass is 10.2. The molecule has 1 aliphatic rings. The van der Waals surface area contributed by atoms with Crippen molar-refractivity contribution in [2.45, 2.75) is 32.5 Å². The molecule has 0 radical (unpaired) electrons. The summed E-state index contributed by atoms with van der Waals surface area (Å²) in [4.78, 5) is 22.6. The molecule has 2 aromatic heterocycles. The normalized spacial score (nSPS) is 21.6. The number of nitrogens with zero attached hydrogens (tertiary/aromatic N) is 5. The first-order valence-corrected chi connectivity index (χ1v) is 7.84. The van der Waals surface area contributed by atoms with E-state index >= 15 is 0 Å². The van der Waals surface area contributed by atoms with Crippen molar-refractivity contribution in [2.24, 2.45) is 7.05 Å². The molecule has 3 heterocycles. The Hall–Kier alpha value is -2.22. The number of carbonyl (C=O) groups is 1. The number of hydrogen-bond donors (Lipinski definition) is 1. The van der Waals surface area contributed by atoms with Crippen molar-refractivity contribution >= 4 is 22.8 Å². The van der Waals surface area contributed by atoms with Gasteiger partial charge in [-0.3, -0.25) is 9.48 Å². The maximum absolute atomic E-state index is 12.3. The Bertz CT molecular complexity index is 690. The van der Waals surface area contributed by atoms with Crippen LogP contribution in [0.15, 0.2) is 12.5 Å². The van der Waals surface area contributed by atoms with Crippen molar-refractivity contribution in [3.63, 3.8) is 0 Å². The Morgan fingerprint density at radius 3 is 2.83 bits per heavy atom. The van der Waals surface area contributed by atoms with E-state index in [-0.39, 0.29) is 18.1 Å². The lowest BCUT2D eigenvalue weighted by molar-refractivity contribution is -0.142. The molecule has 1 saturated heterocycles. The third-order valence-electron chi connectivity index (χ3n) is 3.93. The van der Waals surface area contributed by atoms with Gasteiger partial charge in [0.05, 0.1) is 23.8 Å². The SMILES string of the molecule is C[C@H]1CN(C(=O)CCNc2ncnc3c2cnn3C)C[C@H](C)O1. The number of aromatic nitrogens is 4. The molecule has 23 heavy (non-hydrogen) atoms. The number of aryl methyl sites for hydroxylation is 1. The van der Waals surface area contributed by atoms with E-state index in [1.54, 1.807) is 10.9 Å². The van der Waals surface area contributed by atoms with Gasteiger partial charge in [0.2, 0.25) is 5.91 Å². The number of rotatable bonds is 4. The monoisotopic (exact) mass is 318 g/mol. The molecule has 1 fully saturated rings. The summed E-state index contributed by atoms with van der Waals surface area (Å²) < 4.78 is 7.35. The predicted molar refractivity (Wildman–Crippen MR) is 86.0 cm³/mol. The Kier molecular flexibility index (Phi) is 4.42. The quantitative estimate of drug-likeness (QED) is 0.897. The van der Waals surface area contributed by atoms with Crippen LogP contribution in [-0.2, 0) is 16.6 Å². The fraction of sp³-hybridized carbons (Fsp3) is 0.600. The molecular formula is C15H22N6O2. The van der Waals surface area contributed by atoms with Crippen molar-refractivity contribution in [3.05, 3.63) is 12.5 Å². The summed E-state index contributed by atoms with van der Waals surface area (Å²) in [6.07, 6.45) is 3.83. The summed E-state index contributed by atoms with van der Waals surface area (Å²) in [5, 5.41) is 8.24.